The largest absolute Gasteiger partial charge is 0.480 e. The third-order valence-electron chi connectivity index (χ3n) is 2.90. The van der Waals surface area contributed by atoms with Gasteiger partial charge in [0.15, 0.2) is 0 Å². The van der Waals surface area contributed by atoms with Crippen LogP contribution >= 0.6 is 0 Å². The maximum atomic E-state index is 12.3. The van der Waals surface area contributed by atoms with Crippen molar-refractivity contribution in [3.05, 3.63) is 0 Å². The van der Waals surface area contributed by atoms with Crippen molar-refractivity contribution < 1.29 is 41.0 Å². The van der Waals surface area contributed by atoms with E-state index in [2.05, 4.69) is 0 Å². The number of carbonyl (C=O) groups is 2. The molecule has 0 aliphatic carbocycles. The van der Waals surface area contributed by atoms with Gasteiger partial charge in [0.05, 0.1) is 0 Å². The van der Waals surface area contributed by atoms with Crippen LogP contribution in [0.5, 0.6) is 0 Å². The quantitative estimate of drug-likeness (QED) is 0.767. The monoisotopic (exact) mass is 309 g/mol. The normalized spacial score (nSPS) is 13.4. The van der Waals surface area contributed by atoms with Gasteiger partial charge in [0.1, 0.15) is 5.54 Å². The Kier molecular flexibility index (Phi) is 5.44. The Morgan fingerprint density at radius 3 is 1.55 bits per heavy atom. The molecule has 118 valence electrons. The van der Waals surface area contributed by atoms with Gasteiger partial charge in [0, 0.05) is 0 Å². The van der Waals surface area contributed by atoms with Gasteiger partial charge in [-0.15, -0.1) is 0 Å². The summed E-state index contributed by atoms with van der Waals surface area (Å²) in [5.74, 6) is -8.37. The molecule has 0 heterocycles. The summed E-state index contributed by atoms with van der Waals surface area (Å²) in [5, 5.41) is 10.2. The smallest absolute Gasteiger partial charge is 0.409 e. The summed E-state index contributed by atoms with van der Waals surface area (Å²) in [5.41, 5.74) is -2.16. The number of halogens is 6. The average molecular weight is 309 g/mol. The predicted octanol–water partition coefficient (Wildman–Crippen LogP) is 2.49. The maximum Gasteiger partial charge on any atom is 0.409 e. The van der Waals surface area contributed by atoms with Crippen molar-refractivity contribution in [1.29, 1.82) is 0 Å². The van der Waals surface area contributed by atoms with Crippen LogP contribution in [0.25, 0.3) is 0 Å². The van der Waals surface area contributed by atoms with Crippen molar-refractivity contribution in [1.82, 2.24) is 5.32 Å². The molecular formula is C10H13F6NO3. The fourth-order valence-corrected chi connectivity index (χ4v) is 1.57. The Morgan fingerprint density at radius 1 is 1.00 bits per heavy atom. The van der Waals surface area contributed by atoms with Crippen molar-refractivity contribution >= 4 is 11.9 Å². The van der Waals surface area contributed by atoms with E-state index in [1.807, 2.05) is 0 Å². The molecule has 0 saturated carbocycles. The predicted molar refractivity (Wildman–Crippen MR) is 54.7 cm³/mol. The van der Waals surface area contributed by atoms with Crippen molar-refractivity contribution in [2.24, 2.45) is 5.92 Å². The van der Waals surface area contributed by atoms with Crippen LogP contribution in [0, 0.1) is 5.92 Å². The highest BCUT2D eigenvalue weighted by molar-refractivity contribution is 5.88. The van der Waals surface area contributed by atoms with E-state index in [0.29, 0.717) is 0 Å². The number of carbonyl (C=O) groups excluding carboxylic acids is 1. The van der Waals surface area contributed by atoms with E-state index in [9.17, 15) is 35.9 Å². The lowest BCUT2D eigenvalue weighted by Crippen LogP contribution is -2.59. The molecule has 0 saturated heterocycles. The molecule has 0 rings (SSSR count). The first kappa shape index (κ1) is 18.5. The van der Waals surface area contributed by atoms with Gasteiger partial charge in [0.2, 0.25) is 11.8 Å². The SMILES string of the molecule is CCC(CC)(NC(=O)C(C(F)(F)F)C(F)(F)F)C(=O)O. The number of nitrogens with one attached hydrogen (secondary N) is 1. The van der Waals surface area contributed by atoms with Crippen LogP contribution in [0.15, 0.2) is 0 Å². The highest BCUT2D eigenvalue weighted by Gasteiger charge is 2.62. The zero-order valence-electron chi connectivity index (χ0n) is 10.5. The Hall–Kier alpha value is -1.48. The van der Waals surface area contributed by atoms with Gasteiger partial charge in [-0.05, 0) is 12.8 Å². The first-order chi connectivity index (χ1) is 8.81. The molecule has 0 unspecified atom stereocenters. The van der Waals surface area contributed by atoms with Gasteiger partial charge < -0.3 is 10.4 Å². The van der Waals surface area contributed by atoms with Gasteiger partial charge in [-0.1, -0.05) is 13.8 Å². The number of hydrogen-bond donors (Lipinski definition) is 2. The van der Waals surface area contributed by atoms with Gasteiger partial charge in [-0.3, -0.25) is 4.79 Å². The highest BCUT2D eigenvalue weighted by atomic mass is 19.4. The van der Waals surface area contributed by atoms with E-state index >= 15 is 0 Å². The lowest BCUT2D eigenvalue weighted by molar-refractivity contribution is -0.274. The molecular weight excluding hydrogens is 296 g/mol. The number of hydrogen-bond acceptors (Lipinski definition) is 2. The number of carboxylic acid groups (broad SMARTS) is 1. The van der Waals surface area contributed by atoms with Gasteiger partial charge in [-0.25, -0.2) is 4.79 Å². The fraction of sp³-hybridized carbons (Fsp3) is 0.800. The standard InChI is InChI=1S/C10H13F6NO3/c1-3-8(4-2,7(19)20)17-6(18)5(9(11,12)13)10(14,15)16/h5H,3-4H2,1-2H3,(H,17,18)(H,19,20). The van der Waals surface area contributed by atoms with Crippen molar-refractivity contribution in [3.8, 4) is 0 Å². The molecule has 10 heteroatoms. The molecule has 4 nitrogen and oxygen atoms in total. The molecule has 0 fully saturated rings. The van der Waals surface area contributed by atoms with Gasteiger partial charge in [-0.2, -0.15) is 26.3 Å². The van der Waals surface area contributed by atoms with Crippen LogP contribution in [0.1, 0.15) is 26.7 Å². The number of alkyl halides is 6. The topological polar surface area (TPSA) is 66.4 Å². The third kappa shape index (κ3) is 4.01. The van der Waals surface area contributed by atoms with E-state index in [-0.39, 0.29) is 12.8 Å². The number of carboxylic acids is 1. The Labute approximate surface area is 110 Å². The summed E-state index contributed by atoms with van der Waals surface area (Å²) in [6.45, 7) is 2.46. The highest BCUT2D eigenvalue weighted by Crippen LogP contribution is 2.39. The lowest BCUT2D eigenvalue weighted by atomic mass is 9.91. The molecule has 0 bridgehead atoms. The second kappa shape index (κ2) is 5.88. The second-order valence-electron chi connectivity index (χ2n) is 4.10. The molecule has 20 heavy (non-hydrogen) atoms. The molecule has 0 spiro atoms. The maximum absolute atomic E-state index is 12.3. The second-order valence-corrected chi connectivity index (χ2v) is 4.10. The Morgan fingerprint density at radius 2 is 1.35 bits per heavy atom. The van der Waals surface area contributed by atoms with E-state index in [4.69, 9.17) is 5.11 Å². The summed E-state index contributed by atoms with van der Waals surface area (Å²) in [6.07, 6.45) is -12.4. The summed E-state index contributed by atoms with van der Waals surface area (Å²) < 4.78 is 73.9. The van der Waals surface area contributed by atoms with Crippen molar-refractivity contribution in [2.45, 2.75) is 44.6 Å². The number of amides is 1. The Bertz CT molecular complexity index is 358. The summed E-state index contributed by atoms with van der Waals surface area (Å²) in [4.78, 5) is 22.2. The van der Waals surface area contributed by atoms with E-state index in [1.54, 1.807) is 0 Å². The summed E-state index contributed by atoms with van der Waals surface area (Å²) in [7, 11) is 0. The number of aliphatic carboxylic acids is 1. The van der Waals surface area contributed by atoms with Crippen LogP contribution in [0.3, 0.4) is 0 Å². The van der Waals surface area contributed by atoms with Crippen LogP contribution in [0.2, 0.25) is 0 Å². The summed E-state index contributed by atoms with van der Waals surface area (Å²) in [6, 6.07) is 0. The molecule has 0 atom stereocenters. The molecule has 0 aliphatic rings. The summed E-state index contributed by atoms with van der Waals surface area (Å²) >= 11 is 0. The van der Waals surface area contributed by atoms with Crippen molar-refractivity contribution in [3.63, 3.8) is 0 Å². The lowest BCUT2D eigenvalue weighted by Gasteiger charge is -2.31. The van der Waals surface area contributed by atoms with Crippen LogP contribution in [-0.4, -0.2) is 34.9 Å². The first-order valence-corrected chi connectivity index (χ1v) is 5.50. The Balaban J connectivity index is 5.46. The van der Waals surface area contributed by atoms with Crippen LogP contribution < -0.4 is 5.32 Å². The van der Waals surface area contributed by atoms with Crippen LogP contribution in [-0.2, 0) is 9.59 Å². The fourth-order valence-electron chi connectivity index (χ4n) is 1.57. The average Bonchev–Trinajstić information content (AvgIpc) is 2.21. The minimum Gasteiger partial charge on any atom is -0.480 e. The third-order valence-corrected chi connectivity index (χ3v) is 2.90. The van der Waals surface area contributed by atoms with Gasteiger partial charge in [0.25, 0.3) is 0 Å². The molecule has 0 aromatic rings. The zero-order valence-corrected chi connectivity index (χ0v) is 10.5. The van der Waals surface area contributed by atoms with Crippen LogP contribution in [0.4, 0.5) is 26.3 Å². The molecule has 1 amide bonds. The van der Waals surface area contributed by atoms with E-state index in [0.717, 1.165) is 0 Å². The zero-order chi connectivity index (χ0) is 16.4. The minimum atomic E-state index is -5.85. The molecule has 0 aromatic carbocycles. The first-order valence-electron chi connectivity index (χ1n) is 5.50. The van der Waals surface area contributed by atoms with E-state index in [1.165, 1.54) is 19.2 Å². The molecule has 2 N–H and O–H groups in total. The minimum absolute atomic E-state index is 0.354. The molecule has 0 radical (unpaired) electrons. The van der Waals surface area contributed by atoms with Gasteiger partial charge >= 0.3 is 18.3 Å². The molecule has 0 aromatic heterocycles. The number of rotatable bonds is 5. The van der Waals surface area contributed by atoms with E-state index < -0.39 is 35.7 Å². The van der Waals surface area contributed by atoms with Crippen molar-refractivity contribution in [2.75, 3.05) is 0 Å². The molecule has 0 aliphatic heterocycles.